The molecule has 2 aromatic carbocycles. The van der Waals surface area contributed by atoms with E-state index in [9.17, 15) is 9.59 Å². The molecule has 1 fully saturated rings. The lowest BCUT2D eigenvalue weighted by atomic mass is 9.97. The molecular weight excluding hydrogens is 350 g/mol. The van der Waals surface area contributed by atoms with Crippen molar-refractivity contribution in [3.8, 4) is 0 Å². The predicted octanol–water partition coefficient (Wildman–Crippen LogP) is 4.96. The van der Waals surface area contributed by atoms with Gasteiger partial charge in [-0.2, -0.15) is 5.10 Å². The van der Waals surface area contributed by atoms with E-state index >= 15 is 0 Å². The third-order valence-corrected chi connectivity index (χ3v) is 5.39. The topological polar surface area (TPSA) is 61.8 Å². The predicted molar refractivity (Wildman–Crippen MR) is 114 cm³/mol. The summed E-state index contributed by atoms with van der Waals surface area (Å²) in [7, 11) is 0. The van der Waals surface area contributed by atoms with Gasteiger partial charge in [-0.3, -0.25) is 9.59 Å². The Kier molecular flexibility index (Phi) is 6.58. The Hall–Kier alpha value is -2.95. The van der Waals surface area contributed by atoms with E-state index in [1.807, 2.05) is 30.3 Å². The number of hydrogen-bond donors (Lipinski definition) is 1. The molecule has 0 bridgehead atoms. The number of hydrazone groups is 1. The minimum Gasteiger partial charge on any atom is -0.326 e. The van der Waals surface area contributed by atoms with Crippen LogP contribution in [0.25, 0.3) is 0 Å². The molecule has 1 atom stereocenters. The molecule has 0 heterocycles. The van der Waals surface area contributed by atoms with Crippen molar-refractivity contribution >= 4 is 29.4 Å². The van der Waals surface area contributed by atoms with Crippen molar-refractivity contribution in [2.24, 2.45) is 11.0 Å². The number of rotatable bonds is 7. The molecular formula is C23H27N3O2. The average molecular weight is 377 g/mol. The molecule has 0 aromatic heterocycles. The van der Waals surface area contributed by atoms with Gasteiger partial charge in [0.05, 0.1) is 11.6 Å². The zero-order valence-electron chi connectivity index (χ0n) is 16.5. The van der Waals surface area contributed by atoms with E-state index in [4.69, 9.17) is 0 Å². The van der Waals surface area contributed by atoms with Crippen LogP contribution in [0.5, 0.6) is 0 Å². The number of amides is 2. The molecule has 28 heavy (non-hydrogen) atoms. The molecule has 1 unspecified atom stereocenters. The number of hydrogen-bond acceptors (Lipinski definition) is 3. The average Bonchev–Trinajstić information content (AvgIpc) is 3.27. The van der Waals surface area contributed by atoms with Crippen molar-refractivity contribution in [3.05, 3.63) is 60.2 Å². The highest BCUT2D eigenvalue weighted by Gasteiger charge is 2.20. The quantitative estimate of drug-likeness (QED) is 0.421. The van der Waals surface area contributed by atoms with E-state index in [0.717, 1.165) is 5.69 Å². The van der Waals surface area contributed by atoms with Crippen LogP contribution in [-0.4, -0.2) is 18.0 Å². The van der Waals surface area contributed by atoms with Gasteiger partial charge in [-0.05, 0) is 62.4 Å². The minimum absolute atomic E-state index is 0.135. The SMILES string of the molecule is C/C(=N/N(C=O)c1ccccc1)C(C)C(=O)Nc1cccc(C2CCCC2)c1. The smallest absolute Gasteiger partial charge is 0.234 e. The number of carbonyl (C=O) groups excluding carboxylic acids is 2. The number of nitrogens with one attached hydrogen (secondary N) is 1. The summed E-state index contributed by atoms with van der Waals surface area (Å²) >= 11 is 0. The Morgan fingerprint density at radius 2 is 1.86 bits per heavy atom. The van der Waals surface area contributed by atoms with Crippen molar-refractivity contribution in [2.45, 2.75) is 45.4 Å². The molecule has 5 nitrogen and oxygen atoms in total. The van der Waals surface area contributed by atoms with Crippen LogP contribution in [0.15, 0.2) is 59.7 Å². The van der Waals surface area contributed by atoms with Crippen molar-refractivity contribution in [1.29, 1.82) is 0 Å². The number of para-hydroxylation sites is 1. The molecule has 2 aromatic rings. The summed E-state index contributed by atoms with van der Waals surface area (Å²) in [6, 6.07) is 17.3. The van der Waals surface area contributed by atoms with Gasteiger partial charge in [0.2, 0.25) is 12.3 Å². The highest BCUT2D eigenvalue weighted by Crippen LogP contribution is 2.34. The molecule has 3 rings (SSSR count). The molecule has 1 N–H and O–H groups in total. The van der Waals surface area contributed by atoms with E-state index in [-0.39, 0.29) is 5.91 Å². The molecule has 1 aliphatic carbocycles. The van der Waals surface area contributed by atoms with Gasteiger partial charge >= 0.3 is 0 Å². The van der Waals surface area contributed by atoms with Crippen LogP contribution in [0.2, 0.25) is 0 Å². The summed E-state index contributed by atoms with van der Waals surface area (Å²) in [5.74, 6) is 0.00891. The van der Waals surface area contributed by atoms with Crippen molar-refractivity contribution < 1.29 is 9.59 Å². The van der Waals surface area contributed by atoms with Crippen molar-refractivity contribution in [2.75, 3.05) is 10.3 Å². The Bertz CT molecular complexity index is 842. The first-order chi connectivity index (χ1) is 13.6. The monoisotopic (exact) mass is 377 g/mol. The van der Waals surface area contributed by atoms with Crippen LogP contribution in [0.3, 0.4) is 0 Å². The number of carbonyl (C=O) groups is 2. The van der Waals surface area contributed by atoms with Gasteiger partial charge in [-0.15, -0.1) is 0 Å². The fourth-order valence-corrected chi connectivity index (χ4v) is 3.55. The Morgan fingerprint density at radius 3 is 2.54 bits per heavy atom. The van der Waals surface area contributed by atoms with Gasteiger partial charge in [0.15, 0.2) is 0 Å². The third kappa shape index (κ3) is 4.85. The van der Waals surface area contributed by atoms with Crippen molar-refractivity contribution in [3.63, 3.8) is 0 Å². The van der Waals surface area contributed by atoms with Crippen LogP contribution in [0.1, 0.15) is 51.0 Å². The molecule has 5 heteroatoms. The van der Waals surface area contributed by atoms with Crippen LogP contribution in [0.4, 0.5) is 11.4 Å². The van der Waals surface area contributed by atoms with E-state index in [2.05, 4.69) is 22.6 Å². The molecule has 2 amide bonds. The highest BCUT2D eigenvalue weighted by molar-refractivity contribution is 6.08. The molecule has 1 aliphatic rings. The number of anilines is 2. The molecule has 0 radical (unpaired) electrons. The van der Waals surface area contributed by atoms with Crippen LogP contribution in [-0.2, 0) is 9.59 Å². The minimum atomic E-state index is -0.457. The molecule has 146 valence electrons. The molecule has 0 spiro atoms. The lowest BCUT2D eigenvalue weighted by molar-refractivity contribution is -0.117. The summed E-state index contributed by atoms with van der Waals surface area (Å²) in [4.78, 5) is 24.1. The third-order valence-electron chi connectivity index (χ3n) is 5.39. The van der Waals surface area contributed by atoms with E-state index in [1.165, 1.54) is 36.3 Å². The fourth-order valence-electron chi connectivity index (χ4n) is 3.55. The first-order valence-electron chi connectivity index (χ1n) is 9.84. The maximum atomic E-state index is 12.7. The number of benzene rings is 2. The van der Waals surface area contributed by atoms with Gasteiger partial charge in [0.25, 0.3) is 0 Å². The zero-order valence-corrected chi connectivity index (χ0v) is 16.5. The summed E-state index contributed by atoms with van der Waals surface area (Å²) in [6.45, 7) is 3.56. The van der Waals surface area contributed by atoms with Crippen LogP contribution >= 0.6 is 0 Å². The van der Waals surface area contributed by atoms with Crippen molar-refractivity contribution in [1.82, 2.24) is 0 Å². The van der Waals surface area contributed by atoms with Gasteiger partial charge < -0.3 is 5.32 Å². The Morgan fingerprint density at radius 1 is 1.14 bits per heavy atom. The van der Waals surface area contributed by atoms with Crippen LogP contribution < -0.4 is 10.3 Å². The zero-order chi connectivity index (χ0) is 19.9. The number of nitrogens with zero attached hydrogens (tertiary/aromatic N) is 2. The van der Waals surface area contributed by atoms with E-state index in [0.29, 0.717) is 23.7 Å². The van der Waals surface area contributed by atoms with Gasteiger partial charge in [0, 0.05) is 11.4 Å². The van der Waals surface area contributed by atoms with Gasteiger partial charge in [0.1, 0.15) is 0 Å². The molecule has 1 saturated carbocycles. The maximum Gasteiger partial charge on any atom is 0.234 e. The Balaban J connectivity index is 1.68. The maximum absolute atomic E-state index is 12.7. The summed E-state index contributed by atoms with van der Waals surface area (Å²) in [5.41, 5.74) is 3.34. The lowest BCUT2D eigenvalue weighted by Gasteiger charge is -2.17. The van der Waals surface area contributed by atoms with Gasteiger partial charge in [-0.25, -0.2) is 5.01 Å². The second-order valence-electron chi connectivity index (χ2n) is 7.34. The Labute approximate surface area is 166 Å². The standard InChI is InChI=1S/C23H27N3O2/c1-17(18(2)25-26(16-27)22-13-4-3-5-14-22)23(28)24-21-12-8-11-20(15-21)19-9-6-7-10-19/h3-5,8,11-17,19H,6-7,9-10H2,1-2H3,(H,24,28)/b25-18-. The normalized spacial score (nSPS) is 15.9. The summed E-state index contributed by atoms with van der Waals surface area (Å²) in [6.07, 6.45) is 5.65. The fraction of sp³-hybridized carbons (Fsp3) is 0.348. The summed E-state index contributed by atoms with van der Waals surface area (Å²) < 4.78 is 0. The first kappa shape index (κ1) is 19.8. The second-order valence-corrected chi connectivity index (χ2v) is 7.34. The lowest BCUT2D eigenvalue weighted by Crippen LogP contribution is -2.28. The summed E-state index contributed by atoms with van der Waals surface area (Å²) in [5, 5.41) is 8.57. The first-order valence-corrected chi connectivity index (χ1v) is 9.84. The molecule has 0 aliphatic heterocycles. The largest absolute Gasteiger partial charge is 0.326 e. The second kappa shape index (κ2) is 9.31. The van der Waals surface area contributed by atoms with E-state index in [1.54, 1.807) is 26.0 Å². The van der Waals surface area contributed by atoms with Crippen LogP contribution in [0, 0.1) is 5.92 Å². The highest BCUT2D eigenvalue weighted by atomic mass is 16.2. The molecule has 0 saturated heterocycles. The van der Waals surface area contributed by atoms with Gasteiger partial charge in [-0.1, -0.05) is 43.2 Å². The van der Waals surface area contributed by atoms with E-state index < -0.39 is 5.92 Å².